The molecule has 98 valence electrons. The van der Waals surface area contributed by atoms with E-state index in [4.69, 9.17) is 0 Å². The summed E-state index contributed by atoms with van der Waals surface area (Å²) in [6.45, 7) is 0. The topological polar surface area (TPSA) is 75.6 Å². The van der Waals surface area contributed by atoms with Gasteiger partial charge in [-0.25, -0.2) is 0 Å². The minimum atomic E-state index is 0.356. The fourth-order valence-corrected chi connectivity index (χ4v) is 1.63. The molecule has 0 unspecified atom stereocenters. The number of aromatic nitrogens is 4. The van der Waals surface area contributed by atoms with E-state index in [1.807, 2.05) is 60.7 Å². The second-order valence-corrected chi connectivity index (χ2v) is 4.03. The molecule has 0 spiro atoms. The molecule has 6 heteroatoms. The van der Waals surface area contributed by atoms with E-state index in [2.05, 4.69) is 31.0 Å². The molecule has 3 aromatic rings. The van der Waals surface area contributed by atoms with Crippen LogP contribution in [-0.4, -0.2) is 20.4 Å². The van der Waals surface area contributed by atoms with Gasteiger partial charge >= 0.3 is 0 Å². The molecule has 6 nitrogen and oxygen atoms in total. The molecule has 0 bridgehead atoms. The molecule has 1 aromatic heterocycles. The van der Waals surface area contributed by atoms with Crippen LogP contribution in [0.1, 0.15) is 0 Å². The molecule has 0 saturated heterocycles. The smallest absolute Gasteiger partial charge is 0.266 e. The van der Waals surface area contributed by atoms with Crippen molar-refractivity contribution in [2.45, 2.75) is 0 Å². The van der Waals surface area contributed by atoms with Gasteiger partial charge in [-0.1, -0.05) is 36.4 Å². The van der Waals surface area contributed by atoms with E-state index in [0.29, 0.717) is 11.9 Å². The van der Waals surface area contributed by atoms with E-state index < -0.39 is 0 Å². The monoisotopic (exact) mass is 264 g/mol. The molecule has 1 heterocycles. The summed E-state index contributed by atoms with van der Waals surface area (Å²) in [6.07, 6.45) is 0. The van der Waals surface area contributed by atoms with Crippen LogP contribution in [-0.2, 0) is 0 Å². The van der Waals surface area contributed by atoms with Crippen LogP contribution < -0.4 is 10.6 Å². The van der Waals surface area contributed by atoms with Gasteiger partial charge in [-0.3, -0.25) is 0 Å². The number of para-hydroxylation sites is 2. The summed E-state index contributed by atoms with van der Waals surface area (Å²) < 4.78 is 0. The van der Waals surface area contributed by atoms with Gasteiger partial charge in [0, 0.05) is 11.4 Å². The number of hydrogen-bond donors (Lipinski definition) is 2. The van der Waals surface area contributed by atoms with E-state index in [1.165, 1.54) is 0 Å². The number of anilines is 4. The SMILES string of the molecule is c1ccc(Nc2nnc(Nc3ccccc3)nn2)cc1. The first-order valence-electron chi connectivity index (χ1n) is 6.12. The normalized spacial score (nSPS) is 10.0. The minimum absolute atomic E-state index is 0.356. The predicted octanol–water partition coefficient (Wildman–Crippen LogP) is 2.75. The van der Waals surface area contributed by atoms with Crippen molar-refractivity contribution in [2.24, 2.45) is 0 Å². The van der Waals surface area contributed by atoms with E-state index in [0.717, 1.165) is 11.4 Å². The Hall–Kier alpha value is -3.02. The fourth-order valence-electron chi connectivity index (χ4n) is 1.63. The highest BCUT2D eigenvalue weighted by Gasteiger charge is 2.01. The second-order valence-electron chi connectivity index (χ2n) is 4.03. The van der Waals surface area contributed by atoms with E-state index in [9.17, 15) is 0 Å². The number of rotatable bonds is 4. The van der Waals surface area contributed by atoms with Crippen molar-refractivity contribution in [2.75, 3.05) is 10.6 Å². The van der Waals surface area contributed by atoms with Crippen LogP contribution in [0.4, 0.5) is 23.3 Å². The largest absolute Gasteiger partial charge is 0.322 e. The summed E-state index contributed by atoms with van der Waals surface area (Å²) in [5.74, 6) is 0.713. The maximum Gasteiger partial charge on any atom is 0.266 e. The highest BCUT2D eigenvalue weighted by Crippen LogP contribution is 2.12. The van der Waals surface area contributed by atoms with Gasteiger partial charge in [0.1, 0.15) is 0 Å². The first-order chi connectivity index (χ1) is 9.90. The van der Waals surface area contributed by atoms with Gasteiger partial charge in [0.2, 0.25) is 0 Å². The molecule has 0 amide bonds. The molecular formula is C14H12N6. The fraction of sp³-hybridized carbons (Fsp3) is 0. The van der Waals surface area contributed by atoms with Crippen LogP contribution in [0.2, 0.25) is 0 Å². The van der Waals surface area contributed by atoms with E-state index in [1.54, 1.807) is 0 Å². The van der Waals surface area contributed by atoms with Crippen LogP contribution in [0.3, 0.4) is 0 Å². The lowest BCUT2D eigenvalue weighted by molar-refractivity contribution is 0.877. The molecule has 0 aliphatic carbocycles. The van der Waals surface area contributed by atoms with Crippen molar-refractivity contribution in [1.82, 2.24) is 20.4 Å². The summed E-state index contributed by atoms with van der Waals surface area (Å²) in [5.41, 5.74) is 1.78. The van der Waals surface area contributed by atoms with Crippen molar-refractivity contribution >= 4 is 23.3 Å². The lowest BCUT2D eigenvalue weighted by Gasteiger charge is -2.04. The molecule has 0 radical (unpaired) electrons. The van der Waals surface area contributed by atoms with Gasteiger partial charge in [-0.15, -0.1) is 20.4 Å². The number of hydrogen-bond acceptors (Lipinski definition) is 6. The van der Waals surface area contributed by atoms with Gasteiger partial charge in [0.25, 0.3) is 11.9 Å². The maximum atomic E-state index is 3.97. The average molecular weight is 264 g/mol. The lowest BCUT2D eigenvalue weighted by Crippen LogP contribution is -2.05. The predicted molar refractivity (Wildman–Crippen MR) is 77.1 cm³/mol. The summed E-state index contributed by atoms with van der Waals surface area (Å²) in [7, 11) is 0. The summed E-state index contributed by atoms with van der Waals surface area (Å²) >= 11 is 0. The van der Waals surface area contributed by atoms with Crippen LogP contribution in [0.5, 0.6) is 0 Å². The quantitative estimate of drug-likeness (QED) is 0.754. The van der Waals surface area contributed by atoms with Gasteiger partial charge in [0.05, 0.1) is 0 Å². The minimum Gasteiger partial charge on any atom is -0.322 e. The highest BCUT2D eigenvalue weighted by molar-refractivity contribution is 5.54. The molecular weight excluding hydrogens is 252 g/mol. The van der Waals surface area contributed by atoms with E-state index in [-0.39, 0.29) is 0 Å². The standard InChI is InChI=1S/C14H12N6/c1-3-7-11(8-4-1)15-13-17-19-14(20-18-13)16-12-9-5-2-6-10-12/h1-10H,(H,15,17,18)(H,16,19,20). The number of nitrogens with one attached hydrogen (secondary N) is 2. The first-order valence-corrected chi connectivity index (χ1v) is 6.12. The second kappa shape index (κ2) is 5.75. The third-order valence-corrected chi connectivity index (χ3v) is 2.54. The summed E-state index contributed by atoms with van der Waals surface area (Å²) in [4.78, 5) is 0. The van der Waals surface area contributed by atoms with Crippen LogP contribution in [0, 0.1) is 0 Å². The Morgan fingerprint density at radius 3 is 1.20 bits per heavy atom. The Morgan fingerprint density at radius 1 is 0.500 bits per heavy atom. The molecule has 0 saturated carbocycles. The van der Waals surface area contributed by atoms with Crippen molar-refractivity contribution in [1.29, 1.82) is 0 Å². The van der Waals surface area contributed by atoms with Gasteiger partial charge in [-0.05, 0) is 24.3 Å². The van der Waals surface area contributed by atoms with E-state index >= 15 is 0 Å². The van der Waals surface area contributed by atoms with Gasteiger partial charge in [0.15, 0.2) is 0 Å². The molecule has 20 heavy (non-hydrogen) atoms. The zero-order valence-corrected chi connectivity index (χ0v) is 10.6. The van der Waals surface area contributed by atoms with Crippen LogP contribution >= 0.6 is 0 Å². The summed E-state index contributed by atoms with van der Waals surface area (Å²) in [6, 6.07) is 19.2. The number of nitrogens with zero attached hydrogens (tertiary/aromatic N) is 4. The zero-order valence-electron chi connectivity index (χ0n) is 10.6. The zero-order chi connectivity index (χ0) is 13.6. The van der Waals surface area contributed by atoms with Crippen molar-refractivity contribution in [3.05, 3.63) is 60.7 Å². The highest BCUT2D eigenvalue weighted by atomic mass is 15.4. The Kier molecular flexibility index (Phi) is 3.46. The maximum absolute atomic E-state index is 3.97. The summed E-state index contributed by atoms with van der Waals surface area (Å²) in [5, 5.41) is 21.9. The van der Waals surface area contributed by atoms with Crippen molar-refractivity contribution in [3.8, 4) is 0 Å². The Balaban J connectivity index is 1.69. The Morgan fingerprint density at radius 2 is 0.850 bits per heavy atom. The van der Waals surface area contributed by atoms with Crippen molar-refractivity contribution in [3.63, 3.8) is 0 Å². The Bertz CT molecular complexity index is 594. The first kappa shape index (κ1) is 12.0. The molecule has 0 atom stereocenters. The molecule has 0 aliphatic heterocycles. The molecule has 0 fully saturated rings. The van der Waals surface area contributed by atoms with Crippen LogP contribution in [0.25, 0.3) is 0 Å². The Labute approximate surface area is 115 Å². The molecule has 3 rings (SSSR count). The lowest BCUT2D eigenvalue weighted by atomic mass is 10.3. The third kappa shape index (κ3) is 3.05. The average Bonchev–Trinajstić information content (AvgIpc) is 2.51. The molecule has 0 aliphatic rings. The molecule has 2 aromatic carbocycles. The van der Waals surface area contributed by atoms with Gasteiger partial charge < -0.3 is 10.6 Å². The third-order valence-electron chi connectivity index (χ3n) is 2.54. The molecule has 2 N–H and O–H groups in total. The van der Waals surface area contributed by atoms with Crippen LogP contribution in [0.15, 0.2) is 60.7 Å². The number of benzene rings is 2. The van der Waals surface area contributed by atoms with Gasteiger partial charge in [-0.2, -0.15) is 0 Å². The van der Waals surface area contributed by atoms with Crippen molar-refractivity contribution < 1.29 is 0 Å².